The van der Waals surface area contributed by atoms with Crippen LogP contribution in [0.4, 0.5) is 0 Å². The molecule has 1 fully saturated rings. The molecule has 148 valence electrons. The Morgan fingerprint density at radius 2 is 1.93 bits per heavy atom. The summed E-state index contributed by atoms with van der Waals surface area (Å²) in [6.45, 7) is 3.36. The third kappa shape index (κ3) is 6.44. The zero-order valence-corrected chi connectivity index (χ0v) is 20.3. The van der Waals surface area contributed by atoms with Gasteiger partial charge in [0.25, 0.3) is 0 Å². The molecule has 0 spiro atoms. The van der Waals surface area contributed by atoms with E-state index in [9.17, 15) is 0 Å². The fourth-order valence-electron chi connectivity index (χ4n) is 3.37. The minimum atomic E-state index is 0. The minimum absolute atomic E-state index is 0. The molecule has 1 aliphatic heterocycles. The van der Waals surface area contributed by atoms with Gasteiger partial charge in [-0.1, -0.05) is 34.1 Å². The summed E-state index contributed by atoms with van der Waals surface area (Å²) in [5, 5.41) is 9.10. The number of benzene rings is 1. The van der Waals surface area contributed by atoms with Crippen molar-refractivity contribution in [3.8, 4) is 0 Å². The second-order valence-corrected chi connectivity index (χ2v) is 8.53. The standard InChI is InChI=1S/C20H26BrN3OS.HI/c1-22-19(23-11-8-18-3-2-14-26-18)24-15-20(9-12-25-13-10-20)16-4-6-17(21)7-5-16;/h2-7,14H,8-13,15H2,1H3,(H2,22,23,24);1H. The Balaban J connectivity index is 0.00000261. The lowest BCUT2D eigenvalue weighted by Gasteiger charge is -2.38. The molecule has 0 amide bonds. The largest absolute Gasteiger partial charge is 0.381 e. The number of guanidine groups is 1. The van der Waals surface area contributed by atoms with Crippen LogP contribution in [-0.2, 0) is 16.6 Å². The second-order valence-electron chi connectivity index (χ2n) is 6.58. The van der Waals surface area contributed by atoms with Crippen LogP contribution >= 0.6 is 51.2 Å². The maximum atomic E-state index is 5.63. The van der Waals surface area contributed by atoms with Gasteiger partial charge in [-0.25, -0.2) is 0 Å². The lowest BCUT2D eigenvalue weighted by atomic mass is 9.74. The van der Waals surface area contributed by atoms with E-state index in [4.69, 9.17) is 4.74 Å². The molecular formula is C20H27BrIN3OS. The highest BCUT2D eigenvalue weighted by molar-refractivity contribution is 14.0. The molecule has 0 radical (unpaired) electrons. The van der Waals surface area contributed by atoms with Crippen LogP contribution in [0.2, 0.25) is 0 Å². The van der Waals surface area contributed by atoms with Crippen LogP contribution in [0.5, 0.6) is 0 Å². The molecule has 0 unspecified atom stereocenters. The van der Waals surface area contributed by atoms with E-state index in [0.29, 0.717) is 0 Å². The first kappa shape index (κ1) is 22.6. The van der Waals surface area contributed by atoms with Gasteiger partial charge in [0.2, 0.25) is 0 Å². The topological polar surface area (TPSA) is 45.7 Å². The third-order valence-electron chi connectivity index (χ3n) is 4.97. The van der Waals surface area contributed by atoms with E-state index in [1.807, 2.05) is 7.05 Å². The first-order valence-electron chi connectivity index (χ1n) is 9.03. The number of nitrogens with one attached hydrogen (secondary N) is 2. The quantitative estimate of drug-likeness (QED) is 0.307. The number of aliphatic imine (C=N–C) groups is 1. The van der Waals surface area contributed by atoms with Crippen LogP contribution < -0.4 is 10.6 Å². The van der Waals surface area contributed by atoms with Crippen molar-refractivity contribution < 1.29 is 4.74 Å². The van der Waals surface area contributed by atoms with Crippen LogP contribution in [0.1, 0.15) is 23.3 Å². The van der Waals surface area contributed by atoms with E-state index in [-0.39, 0.29) is 29.4 Å². The van der Waals surface area contributed by atoms with Crippen LogP contribution in [-0.4, -0.2) is 39.3 Å². The molecule has 1 saturated heterocycles. The minimum Gasteiger partial charge on any atom is -0.381 e. The molecule has 27 heavy (non-hydrogen) atoms. The van der Waals surface area contributed by atoms with Crippen molar-refractivity contribution in [2.75, 3.05) is 33.4 Å². The van der Waals surface area contributed by atoms with Crippen LogP contribution in [0.15, 0.2) is 51.2 Å². The Morgan fingerprint density at radius 1 is 1.19 bits per heavy atom. The fourth-order valence-corrected chi connectivity index (χ4v) is 4.34. The van der Waals surface area contributed by atoms with Crippen LogP contribution in [0.3, 0.4) is 0 Å². The molecule has 1 aromatic carbocycles. The molecule has 0 saturated carbocycles. The number of nitrogens with zero attached hydrogens (tertiary/aromatic N) is 1. The summed E-state index contributed by atoms with van der Waals surface area (Å²) in [5.41, 5.74) is 1.45. The van der Waals surface area contributed by atoms with Gasteiger partial charge in [-0.15, -0.1) is 35.3 Å². The molecule has 2 heterocycles. The Hall–Kier alpha value is -0.640. The highest BCUT2D eigenvalue weighted by Gasteiger charge is 2.34. The lowest BCUT2D eigenvalue weighted by Crippen LogP contribution is -2.48. The summed E-state index contributed by atoms with van der Waals surface area (Å²) in [6.07, 6.45) is 3.06. The van der Waals surface area contributed by atoms with E-state index in [1.54, 1.807) is 11.3 Å². The van der Waals surface area contributed by atoms with E-state index >= 15 is 0 Å². The second kappa shape index (κ2) is 11.4. The smallest absolute Gasteiger partial charge is 0.191 e. The number of rotatable bonds is 6. The Kier molecular flexibility index (Phi) is 9.55. The Labute approximate surface area is 191 Å². The normalized spacial score (nSPS) is 16.4. The molecular weight excluding hydrogens is 537 g/mol. The van der Waals surface area contributed by atoms with Crippen LogP contribution in [0.25, 0.3) is 0 Å². The fraction of sp³-hybridized carbons (Fsp3) is 0.450. The van der Waals surface area contributed by atoms with Crippen molar-refractivity contribution in [1.82, 2.24) is 10.6 Å². The Bertz CT molecular complexity index is 701. The number of ether oxygens (including phenoxy) is 1. The maximum absolute atomic E-state index is 5.63. The van der Waals surface area contributed by atoms with Crippen molar-refractivity contribution in [1.29, 1.82) is 0 Å². The first-order valence-corrected chi connectivity index (χ1v) is 10.7. The van der Waals surface area contributed by atoms with Gasteiger partial charge in [-0.2, -0.15) is 0 Å². The number of thiophene rings is 1. The zero-order chi connectivity index (χ0) is 18.2. The third-order valence-corrected chi connectivity index (χ3v) is 6.43. The molecule has 0 atom stereocenters. The summed E-state index contributed by atoms with van der Waals surface area (Å²) in [5.74, 6) is 0.865. The van der Waals surface area contributed by atoms with Gasteiger partial charge in [-0.3, -0.25) is 4.99 Å². The SMILES string of the molecule is CN=C(NCCc1cccs1)NCC1(c2ccc(Br)cc2)CCOCC1.I. The van der Waals surface area contributed by atoms with Gasteiger partial charge < -0.3 is 15.4 Å². The zero-order valence-electron chi connectivity index (χ0n) is 15.5. The molecule has 2 N–H and O–H groups in total. The van der Waals surface area contributed by atoms with Crippen molar-refractivity contribution in [2.45, 2.75) is 24.7 Å². The van der Waals surface area contributed by atoms with Gasteiger partial charge in [0, 0.05) is 48.1 Å². The number of halogens is 2. The van der Waals surface area contributed by atoms with Gasteiger partial charge >= 0.3 is 0 Å². The van der Waals surface area contributed by atoms with E-state index in [0.717, 1.165) is 56.0 Å². The highest BCUT2D eigenvalue weighted by Crippen LogP contribution is 2.34. The van der Waals surface area contributed by atoms with Gasteiger partial charge in [0.05, 0.1) is 0 Å². The Morgan fingerprint density at radius 3 is 2.56 bits per heavy atom. The average molecular weight is 564 g/mol. The summed E-state index contributed by atoms with van der Waals surface area (Å²) >= 11 is 5.33. The molecule has 3 rings (SSSR count). The van der Waals surface area contributed by atoms with E-state index < -0.39 is 0 Å². The summed E-state index contributed by atoms with van der Waals surface area (Å²) in [4.78, 5) is 5.78. The molecule has 1 aromatic heterocycles. The van der Waals surface area contributed by atoms with Crippen molar-refractivity contribution in [2.24, 2.45) is 4.99 Å². The molecule has 2 aromatic rings. The summed E-state index contributed by atoms with van der Waals surface area (Å²) in [6, 6.07) is 13.0. The number of hydrogen-bond donors (Lipinski definition) is 2. The predicted octanol–water partition coefficient (Wildman–Crippen LogP) is 4.58. The number of hydrogen-bond acceptors (Lipinski definition) is 3. The highest BCUT2D eigenvalue weighted by atomic mass is 127. The molecule has 1 aliphatic rings. The summed E-state index contributed by atoms with van der Waals surface area (Å²) in [7, 11) is 1.83. The predicted molar refractivity (Wildman–Crippen MR) is 129 cm³/mol. The van der Waals surface area contributed by atoms with Gasteiger partial charge in [0.15, 0.2) is 5.96 Å². The molecule has 4 nitrogen and oxygen atoms in total. The monoisotopic (exact) mass is 563 g/mol. The van der Waals surface area contributed by atoms with Gasteiger partial charge in [-0.05, 0) is 48.4 Å². The van der Waals surface area contributed by atoms with E-state index in [2.05, 4.69) is 73.3 Å². The average Bonchev–Trinajstić information content (AvgIpc) is 3.19. The first-order chi connectivity index (χ1) is 12.7. The maximum Gasteiger partial charge on any atom is 0.191 e. The lowest BCUT2D eigenvalue weighted by molar-refractivity contribution is 0.0514. The van der Waals surface area contributed by atoms with E-state index in [1.165, 1.54) is 10.4 Å². The molecule has 0 bridgehead atoms. The van der Waals surface area contributed by atoms with Gasteiger partial charge in [0.1, 0.15) is 0 Å². The van der Waals surface area contributed by atoms with Crippen molar-refractivity contribution >= 4 is 57.2 Å². The molecule has 7 heteroatoms. The van der Waals surface area contributed by atoms with Crippen molar-refractivity contribution in [3.05, 3.63) is 56.7 Å². The van der Waals surface area contributed by atoms with Crippen molar-refractivity contribution in [3.63, 3.8) is 0 Å². The van der Waals surface area contributed by atoms with Crippen LogP contribution in [0, 0.1) is 0 Å². The molecule has 0 aliphatic carbocycles. The summed E-state index contributed by atoms with van der Waals surface area (Å²) < 4.78 is 6.74.